The fourth-order valence-electron chi connectivity index (χ4n) is 6.40. The smallest absolute Gasteiger partial charge is 0.407 e. The summed E-state index contributed by atoms with van der Waals surface area (Å²) in [6.45, 7) is 0.0308. The van der Waals surface area contributed by atoms with Gasteiger partial charge in [-0.2, -0.15) is 0 Å². The summed E-state index contributed by atoms with van der Waals surface area (Å²) in [6.07, 6.45) is 5.61. The Bertz CT molecular complexity index is 1550. The average molecular weight is 571 g/mol. The Balaban J connectivity index is 1.23. The van der Waals surface area contributed by atoms with Crippen molar-refractivity contribution in [1.29, 1.82) is 0 Å². The van der Waals surface area contributed by atoms with Crippen molar-refractivity contribution < 1.29 is 19.4 Å². The molecule has 2 unspecified atom stereocenters. The molecule has 216 valence electrons. The summed E-state index contributed by atoms with van der Waals surface area (Å²) < 4.78 is 5.72. The van der Waals surface area contributed by atoms with E-state index in [4.69, 9.17) is 4.74 Å². The molecule has 3 N–H and O–H groups in total. The van der Waals surface area contributed by atoms with Crippen molar-refractivity contribution in [3.63, 3.8) is 0 Å². The van der Waals surface area contributed by atoms with E-state index in [0.29, 0.717) is 0 Å². The number of aliphatic carboxylic acids is 1. The lowest BCUT2D eigenvalue weighted by Gasteiger charge is -2.39. The van der Waals surface area contributed by atoms with E-state index < -0.39 is 23.6 Å². The summed E-state index contributed by atoms with van der Waals surface area (Å²) in [5, 5.41) is 16.5. The summed E-state index contributed by atoms with van der Waals surface area (Å²) in [5.74, 6) is -1.09. The van der Waals surface area contributed by atoms with Crippen LogP contribution in [0.1, 0.15) is 46.6 Å². The van der Waals surface area contributed by atoms with E-state index >= 15 is 0 Å². The van der Waals surface area contributed by atoms with Crippen LogP contribution in [0.15, 0.2) is 133 Å². The summed E-state index contributed by atoms with van der Waals surface area (Å²) in [7, 11) is 0. The first-order chi connectivity index (χ1) is 21.1. The lowest BCUT2D eigenvalue weighted by atomic mass is 9.76. The van der Waals surface area contributed by atoms with Gasteiger partial charge in [0.25, 0.3) is 0 Å². The number of carboxylic acid groups (broad SMARTS) is 1. The number of allylic oxidation sites excluding steroid dienone is 3. The number of amides is 1. The molecule has 0 aromatic heterocycles. The van der Waals surface area contributed by atoms with Gasteiger partial charge in [-0.3, -0.25) is 10.1 Å². The van der Waals surface area contributed by atoms with E-state index in [-0.39, 0.29) is 19.1 Å². The Morgan fingerprint density at radius 1 is 0.814 bits per heavy atom. The number of nitrogens with one attached hydrogen (secondary N) is 2. The molecule has 43 heavy (non-hydrogen) atoms. The van der Waals surface area contributed by atoms with Crippen molar-refractivity contribution in [3.05, 3.63) is 161 Å². The number of carboxylic acids is 1. The molecular weight excluding hydrogens is 536 g/mol. The molecule has 0 saturated carbocycles. The highest BCUT2D eigenvalue weighted by molar-refractivity contribution is 5.85. The van der Waals surface area contributed by atoms with Crippen LogP contribution in [0.25, 0.3) is 5.57 Å². The van der Waals surface area contributed by atoms with Crippen LogP contribution in [0.2, 0.25) is 0 Å². The van der Waals surface area contributed by atoms with E-state index in [1.165, 1.54) is 16.7 Å². The number of fused-ring (bicyclic) bond motifs is 2. The third-order valence-corrected chi connectivity index (χ3v) is 8.40. The lowest BCUT2D eigenvalue weighted by Crippen LogP contribution is -2.56. The van der Waals surface area contributed by atoms with Crippen molar-refractivity contribution in [2.45, 2.75) is 30.3 Å². The maximum absolute atomic E-state index is 13.0. The molecule has 2 aliphatic rings. The van der Waals surface area contributed by atoms with Crippen LogP contribution in [0.5, 0.6) is 0 Å². The number of carbonyl (C=O) groups is 2. The van der Waals surface area contributed by atoms with Gasteiger partial charge < -0.3 is 15.2 Å². The summed E-state index contributed by atoms with van der Waals surface area (Å²) >= 11 is 0. The Morgan fingerprint density at radius 2 is 1.37 bits per heavy atom. The number of rotatable bonds is 10. The largest absolute Gasteiger partial charge is 0.480 e. The zero-order valence-corrected chi connectivity index (χ0v) is 23.8. The van der Waals surface area contributed by atoms with Gasteiger partial charge in [-0.1, -0.05) is 133 Å². The van der Waals surface area contributed by atoms with E-state index in [9.17, 15) is 14.7 Å². The standard InChI is InChI=1S/C37H34N2O4/c40-35(41)34(24-38-36(42)43-25-33-31-22-12-10-20-29(31)30-21-11-13-23-32(30)33)39-37(26-14-4-1-5-15-26,27-16-6-2-7-17-27)28-18-8-3-9-19-28/h1-12,14-22,33-34,39H,13,23-25H2,(H,38,42)(H,40,41). The monoisotopic (exact) mass is 570 g/mol. The summed E-state index contributed by atoms with van der Waals surface area (Å²) in [6, 6.07) is 36.4. The van der Waals surface area contributed by atoms with Crippen LogP contribution in [-0.4, -0.2) is 36.4 Å². The van der Waals surface area contributed by atoms with Gasteiger partial charge >= 0.3 is 12.1 Å². The molecule has 2 aliphatic carbocycles. The van der Waals surface area contributed by atoms with Gasteiger partial charge in [0, 0.05) is 12.5 Å². The highest BCUT2D eigenvalue weighted by Gasteiger charge is 2.40. The van der Waals surface area contributed by atoms with Crippen molar-refractivity contribution in [2.75, 3.05) is 13.2 Å². The highest BCUT2D eigenvalue weighted by atomic mass is 16.5. The molecule has 0 heterocycles. The number of ether oxygens (including phenoxy) is 1. The van der Waals surface area contributed by atoms with Crippen LogP contribution < -0.4 is 10.6 Å². The van der Waals surface area contributed by atoms with E-state index in [0.717, 1.165) is 35.1 Å². The lowest BCUT2D eigenvalue weighted by molar-refractivity contribution is -0.139. The SMILES string of the molecule is O=C(NCC(NC(c1ccccc1)(c1ccccc1)c1ccccc1)C(=O)O)OCC1C2=C(C=CCC2)c2ccccc21. The fraction of sp³-hybridized carbons (Fsp3) is 0.189. The van der Waals surface area contributed by atoms with Gasteiger partial charge in [-0.15, -0.1) is 0 Å². The first-order valence-corrected chi connectivity index (χ1v) is 14.6. The van der Waals surface area contributed by atoms with E-state index in [1.54, 1.807) is 0 Å². The number of hydrogen-bond donors (Lipinski definition) is 3. The maximum atomic E-state index is 13.0. The molecule has 0 spiro atoms. The third kappa shape index (κ3) is 5.62. The Hall–Kier alpha value is -4.94. The minimum Gasteiger partial charge on any atom is -0.480 e. The topological polar surface area (TPSA) is 87.7 Å². The predicted molar refractivity (Wildman–Crippen MR) is 168 cm³/mol. The molecule has 0 fully saturated rings. The van der Waals surface area contributed by atoms with Gasteiger partial charge in [0.05, 0.1) is 5.54 Å². The zero-order chi connectivity index (χ0) is 29.6. The maximum Gasteiger partial charge on any atom is 0.407 e. The number of hydrogen-bond acceptors (Lipinski definition) is 4. The third-order valence-electron chi connectivity index (χ3n) is 8.40. The normalized spacial score (nSPS) is 16.2. The first-order valence-electron chi connectivity index (χ1n) is 14.6. The molecule has 0 bridgehead atoms. The van der Waals surface area contributed by atoms with Crippen LogP contribution in [0.3, 0.4) is 0 Å². The Labute approximate surface area is 251 Å². The minimum atomic E-state index is -1.13. The first kappa shape index (κ1) is 28.2. The molecule has 0 aliphatic heterocycles. The van der Waals surface area contributed by atoms with Gasteiger partial charge in [-0.25, -0.2) is 4.79 Å². The zero-order valence-electron chi connectivity index (χ0n) is 23.8. The van der Waals surface area contributed by atoms with E-state index in [2.05, 4.69) is 34.9 Å². The van der Waals surface area contributed by atoms with Crippen LogP contribution in [-0.2, 0) is 15.1 Å². The van der Waals surface area contributed by atoms with Crippen molar-refractivity contribution in [3.8, 4) is 0 Å². The summed E-state index contributed by atoms with van der Waals surface area (Å²) in [4.78, 5) is 25.7. The quantitative estimate of drug-likeness (QED) is 0.186. The molecule has 4 aromatic carbocycles. The molecule has 4 aromatic rings. The second-order valence-electron chi connectivity index (χ2n) is 10.9. The number of carbonyl (C=O) groups excluding carboxylic acids is 1. The van der Waals surface area contributed by atoms with Gasteiger partial charge in [0.1, 0.15) is 12.6 Å². The molecule has 6 rings (SSSR count). The van der Waals surface area contributed by atoms with Crippen LogP contribution in [0.4, 0.5) is 4.79 Å². The highest BCUT2D eigenvalue weighted by Crippen LogP contribution is 2.46. The van der Waals surface area contributed by atoms with E-state index in [1.807, 2.05) is 103 Å². The van der Waals surface area contributed by atoms with Gasteiger partial charge in [0.2, 0.25) is 0 Å². The molecule has 6 nitrogen and oxygen atoms in total. The summed E-state index contributed by atoms with van der Waals surface area (Å²) in [5.41, 5.74) is 6.52. The Kier molecular flexibility index (Phi) is 8.20. The van der Waals surface area contributed by atoms with Crippen molar-refractivity contribution in [1.82, 2.24) is 10.6 Å². The Morgan fingerprint density at radius 3 is 1.95 bits per heavy atom. The average Bonchev–Trinajstić information content (AvgIpc) is 3.38. The number of alkyl carbamates (subject to hydrolysis) is 1. The van der Waals surface area contributed by atoms with Crippen molar-refractivity contribution in [2.24, 2.45) is 0 Å². The number of benzene rings is 4. The second-order valence-corrected chi connectivity index (χ2v) is 10.9. The van der Waals surface area contributed by atoms with Gasteiger partial charge in [0.15, 0.2) is 0 Å². The molecule has 1 amide bonds. The predicted octanol–water partition coefficient (Wildman–Crippen LogP) is 6.65. The second kappa shape index (κ2) is 12.5. The minimum absolute atomic E-state index is 0.00260. The molecule has 0 saturated heterocycles. The molecule has 2 atom stereocenters. The molecule has 6 heteroatoms. The van der Waals surface area contributed by atoms with Gasteiger partial charge in [-0.05, 0) is 46.2 Å². The molecule has 0 radical (unpaired) electrons. The fourth-order valence-corrected chi connectivity index (χ4v) is 6.40. The van der Waals surface area contributed by atoms with Crippen LogP contribution in [0, 0.1) is 0 Å². The molecular formula is C37H34N2O4. The van der Waals surface area contributed by atoms with Crippen molar-refractivity contribution >= 4 is 17.6 Å². The van der Waals surface area contributed by atoms with Crippen LogP contribution >= 0.6 is 0 Å².